The minimum absolute atomic E-state index is 0.511. The lowest BCUT2D eigenvalue weighted by Crippen LogP contribution is -2.31. The Morgan fingerprint density at radius 3 is 2.71 bits per heavy atom. The number of ether oxygens (including phenoxy) is 3. The molecule has 3 rings (SSSR count). The van der Waals surface area contributed by atoms with Gasteiger partial charge >= 0.3 is 0 Å². The van der Waals surface area contributed by atoms with Gasteiger partial charge in [-0.1, -0.05) is 6.07 Å². The number of nitrogens with one attached hydrogen (secondary N) is 2. The Morgan fingerprint density at radius 1 is 1.10 bits per heavy atom. The molecule has 0 radical (unpaired) electrons. The van der Waals surface area contributed by atoms with Crippen LogP contribution in [0.25, 0.3) is 0 Å². The molecule has 0 spiro atoms. The van der Waals surface area contributed by atoms with E-state index in [1.165, 1.54) is 5.69 Å². The van der Waals surface area contributed by atoms with Crippen LogP contribution in [0.3, 0.4) is 0 Å². The maximum Gasteiger partial charge on any atom is 0.195 e. The molecule has 0 aliphatic carbocycles. The molecule has 7 nitrogen and oxygen atoms in total. The first-order chi connectivity index (χ1) is 15.2. The number of guanidine groups is 1. The molecular formula is C24H34N4O3. The van der Waals surface area contributed by atoms with Gasteiger partial charge in [0.1, 0.15) is 5.75 Å². The summed E-state index contributed by atoms with van der Waals surface area (Å²) in [5.41, 5.74) is 2.12. The van der Waals surface area contributed by atoms with Crippen LogP contribution in [0, 0.1) is 5.92 Å². The fourth-order valence-corrected chi connectivity index (χ4v) is 3.71. The van der Waals surface area contributed by atoms with E-state index in [1.807, 2.05) is 37.3 Å². The Bertz CT molecular complexity index is 872. The second kappa shape index (κ2) is 11.3. The molecule has 1 atom stereocenters. The van der Waals surface area contributed by atoms with Crippen molar-refractivity contribution in [3.8, 4) is 17.2 Å². The molecule has 168 valence electrons. The van der Waals surface area contributed by atoms with Crippen LogP contribution in [-0.4, -0.2) is 53.0 Å². The summed E-state index contributed by atoms with van der Waals surface area (Å²) >= 11 is 0. The van der Waals surface area contributed by atoms with Crippen LogP contribution < -0.4 is 29.7 Å². The van der Waals surface area contributed by atoms with Gasteiger partial charge in [0.05, 0.1) is 20.8 Å². The lowest BCUT2D eigenvalue weighted by molar-refractivity contribution is 0.311. The molecule has 1 heterocycles. The first-order valence-corrected chi connectivity index (χ1v) is 10.9. The maximum absolute atomic E-state index is 5.68. The summed E-state index contributed by atoms with van der Waals surface area (Å²) in [7, 11) is 3.35. The molecule has 0 aromatic heterocycles. The molecule has 7 heteroatoms. The van der Waals surface area contributed by atoms with Crippen LogP contribution in [0.15, 0.2) is 47.5 Å². The van der Waals surface area contributed by atoms with Crippen molar-refractivity contribution >= 4 is 17.3 Å². The Morgan fingerprint density at radius 2 is 1.97 bits per heavy atom. The topological polar surface area (TPSA) is 67.4 Å². The normalized spacial score (nSPS) is 16.2. The summed E-state index contributed by atoms with van der Waals surface area (Å²) in [6.45, 7) is 8.20. The summed E-state index contributed by atoms with van der Waals surface area (Å²) in [4.78, 5) is 7.25. The zero-order valence-electron chi connectivity index (χ0n) is 19.0. The Labute approximate surface area is 185 Å². The SMILES string of the molecule is CCNC(=NCC1CCN(c2cccc(OC)c2)C1)Nc1ccc(OC)c(OCC)c1. The van der Waals surface area contributed by atoms with Crippen molar-refractivity contribution in [2.45, 2.75) is 20.3 Å². The van der Waals surface area contributed by atoms with Crippen molar-refractivity contribution in [3.05, 3.63) is 42.5 Å². The van der Waals surface area contributed by atoms with Crippen molar-refractivity contribution in [1.82, 2.24) is 5.32 Å². The average Bonchev–Trinajstić information content (AvgIpc) is 3.27. The summed E-state index contributed by atoms with van der Waals surface area (Å²) in [6, 6.07) is 14.1. The number of rotatable bonds is 9. The Balaban J connectivity index is 1.63. The number of hydrogen-bond donors (Lipinski definition) is 2. The van der Waals surface area contributed by atoms with Crippen LogP contribution in [0.5, 0.6) is 17.2 Å². The highest BCUT2D eigenvalue weighted by Gasteiger charge is 2.23. The van der Waals surface area contributed by atoms with Crippen LogP contribution in [-0.2, 0) is 0 Å². The first kappa shape index (κ1) is 22.6. The van der Waals surface area contributed by atoms with Gasteiger partial charge < -0.3 is 29.7 Å². The second-order valence-electron chi connectivity index (χ2n) is 7.45. The van der Waals surface area contributed by atoms with Gasteiger partial charge in [0.15, 0.2) is 17.5 Å². The number of methoxy groups -OCH3 is 2. The lowest BCUT2D eigenvalue weighted by atomic mass is 10.1. The van der Waals surface area contributed by atoms with Crippen molar-refractivity contribution in [2.24, 2.45) is 10.9 Å². The highest BCUT2D eigenvalue weighted by molar-refractivity contribution is 5.93. The molecule has 2 aromatic rings. The number of aliphatic imine (C=N–C) groups is 1. The number of benzene rings is 2. The molecule has 1 fully saturated rings. The van der Waals surface area contributed by atoms with Crippen molar-refractivity contribution < 1.29 is 14.2 Å². The van der Waals surface area contributed by atoms with Gasteiger partial charge in [-0.25, -0.2) is 0 Å². The van der Waals surface area contributed by atoms with E-state index in [9.17, 15) is 0 Å². The second-order valence-corrected chi connectivity index (χ2v) is 7.45. The van der Waals surface area contributed by atoms with Crippen molar-refractivity contribution in [1.29, 1.82) is 0 Å². The van der Waals surface area contributed by atoms with Gasteiger partial charge in [0.25, 0.3) is 0 Å². The molecule has 1 aliphatic rings. The highest BCUT2D eigenvalue weighted by Crippen LogP contribution is 2.30. The minimum Gasteiger partial charge on any atom is -0.497 e. The molecule has 0 amide bonds. The van der Waals surface area contributed by atoms with Crippen LogP contribution in [0.4, 0.5) is 11.4 Å². The van der Waals surface area contributed by atoms with Crippen LogP contribution in [0.2, 0.25) is 0 Å². The number of nitrogens with zero attached hydrogens (tertiary/aromatic N) is 2. The van der Waals surface area contributed by atoms with Crippen LogP contribution in [0.1, 0.15) is 20.3 Å². The summed E-state index contributed by atoms with van der Waals surface area (Å²) in [5.74, 6) is 3.61. The Hall–Kier alpha value is -3.09. The van der Waals surface area contributed by atoms with Crippen molar-refractivity contribution in [2.75, 3.05) is 57.2 Å². The molecule has 2 aromatic carbocycles. The zero-order chi connectivity index (χ0) is 22.1. The molecule has 31 heavy (non-hydrogen) atoms. The van der Waals surface area contributed by atoms with E-state index in [-0.39, 0.29) is 0 Å². The van der Waals surface area contributed by atoms with Gasteiger partial charge in [-0.15, -0.1) is 0 Å². The Kier molecular flexibility index (Phi) is 8.27. The third-order valence-corrected chi connectivity index (χ3v) is 5.28. The van der Waals surface area contributed by atoms with Gasteiger partial charge in [0.2, 0.25) is 0 Å². The van der Waals surface area contributed by atoms with E-state index < -0.39 is 0 Å². The quantitative estimate of drug-likeness (QED) is 0.467. The third kappa shape index (κ3) is 6.20. The largest absolute Gasteiger partial charge is 0.497 e. The van der Waals surface area contributed by atoms with E-state index in [1.54, 1.807) is 14.2 Å². The van der Waals surface area contributed by atoms with Gasteiger partial charge in [-0.2, -0.15) is 0 Å². The molecule has 1 aliphatic heterocycles. The molecule has 0 bridgehead atoms. The molecular weight excluding hydrogens is 392 g/mol. The molecule has 1 saturated heterocycles. The average molecular weight is 427 g/mol. The summed E-state index contributed by atoms with van der Waals surface area (Å²) in [6.07, 6.45) is 1.12. The lowest BCUT2D eigenvalue weighted by Gasteiger charge is -2.19. The number of anilines is 2. The zero-order valence-corrected chi connectivity index (χ0v) is 19.0. The van der Waals surface area contributed by atoms with Gasteiger partial charge in [0, 0.05) is 49.7 Å². The number of hydrogen-bond acceptors (Lipinski definition) is 5. The predicted molar refractivity (Wildman–Crippen MR) is 127 cm³/mol. The van der Waals surface area contributed by atoms with Crippen LogP contribution >= 0.6 is 0 Å². The maximum atomic E-state index is 5.68. The first-order valence-electron chi connectivity index (χ1n) is 10.9. The highest BCUT2D eigenvalue weighted by atomic mass is 16.5. The van der Waals surface area contributed by atoms with E-state index in [0.717, 1.165) is 61.5 Å². The minimum atomic E-state index is 0.511. The fourth-order valence-electron chi connectivity index (χ4n) is 3.71. The van der Waals surface area contributed by atoms with E-state index in [2.05, 4.69) is 34.6 Å². The standard InChI is InChI=1S/C24H34N4O3/c1-5-25-24(27-19-10-11-22(30-4)23(14-19)31-6-2)26-16-18-12-13-28(17-18)20-8-7-9-21(15-20)29-3/h7-11,14-15,18H,5-6,12-13,16-17H2,1-4H3,(H2,25,26,27). The fraction of sp³-hybridized carbons (Fsp3) is 0.458. The van der Waals surface area contributed by atoms with Gasteiger partial charge in [-0.05, 0) is 50.5 Å². The predicted octanol–water partition coefficient (Wildman–Crippen LogP) is 4.01. The van der Waals surface area contributed by atoms with Crippen molar-refractivity contribution in [3.63, 3.8) is 0 Å². The van der Waals surface area contributed by atoms with E-state index in [4.69, 9.17) is 19.2 Å². The molecule has 0 saturated carbocycles. The smallest absolute Gasteiger partial charge is 0.195 e. The molecule has 1 unspecified atom stereocenters. The third-order valence-electron chi connectivity index (χ3n) is 5.28. The monoisotopic (exact) mass is 426 g/mol. The van der Waals surface area contributed by atoms with E-state index >= 15 is 0 Å². The van der Waals surface area contributed by atoms with E-state index in [0.29, 0.717) is 12.5 Å². The van der Waals surface area contributed by atoms with Gasteiger partial charge in [-0.3, -0.25) is 4.99 Å². The molecule has 2 N–H and O–H groups in total. The summed E-state index contributed by atoms with van der Waals surface area (Å²) in [5, 5.41) is 6.71. The summed E-state index contributed by atoms with van der Waals surface area (Å²) < 4.78 is 16.4.